The topological polar surface area (TPSA) is 12.0 Å². The molecule has 14 heavy (non-hydrogen) atoms. The van der Waals surface area contributed by atoms with Gasteiger partial charge < -0.3 is 5.32 Å². The van der Waals surface area contributed by atoms with E-state index in [0.717, 1.165) is 23.8 Å². The van der Waals surface area contributed by atoms with Gasteiger partial charge in [-0.25, -0.2) is 0 Å². The zero-order valence-corrected chi connectivity index (χ0v) is 9.55. The van der Waals surface area contributed by atoms with Crippen LogP contribution in [0, 0.1) is 17.8 Å². The van der Waals surface area contributed by atoms with E-state index in [1.165, 1.54) is 38.5 Å². The van der Waals surface area contributed by atoms with Crippen LogP contribution in [0.5, 0.6) is 0 Å². The molecule has 0 radical (unpaired) electrons. The van der Waals surface area contributed by atoms with Crippen LogP contribution in [0.4, 0.5) is 0 Å². The fourth-order valence-corrected chi connectivity index (χ4v) is 3.81. The molecule has 0 amide bonds. The van der Waals surface area contributed by atoms with E-state index in [1.54, 1.807) is 0 Å². The Morgan fingerprint density at radius 1 is 1.14 bits per heavy atom. The summed E-state index contributed by atoms with van der Waals surface area (Å²) in [4.78, 5) is 0. The van der Waals surface area contributed by atoms with E-state index in [2.05, 4.69) is 19.2 Å². The van der Waals surface area contributed by atoms with Crippen LogP contribution in [-0.2, 0) is 0 Å². The van der Waals surface area contributed by atoms with Crippen LogP contribution >= 0.6 is 0 Å². The van der Waals surface area contributed by atoms with Crippen molar-refractivity contribution in [1.82, 2.24) is 5.32 Å². The second-order valence-electron chi connectivity index (χ2n) is 6.24. The summed E-state index contributed by atoms with van der Waals surface area (Å²) in [6.45, 7) is 4.76. The first kappa shape index (κ1) is 9.21. The highest BCUT2D eigenvalue weighted by Crippen LogP contribution is 2.49. The summed E-state index contributed by atoms with van der Waals surface area (Å²) in [5.74, 6) is 2.96. The van der Waals surface area contributed by atoms with Gasteiger partial charge in [0.25, 0.3) is 0 Å². The maximum absolute atomic E-state index is 4.00. The number of nitrogens with one attached hydrogen (secondary N) is 1. The molecule has 0 aromatic heterocycles. The van der Waals surface area contributed by atoms with Crippen LogP contribution in [0.2, 0.25) is 0 Å². The molecule has 0 aliphatic heterocycles. The summed E-state index contributed by atoms with van der Waals surface area (Å²) in [5, 5.41) is 4.00. The number of fused-ring (bicyclic) bond motifs is 2. The maximum atomic E-state index is 4.00. The average molecular weight is 193 g/mol. The average Bonchev–Trinajstić information content (AvgIpc) is 2.66. The molecule has 1 nitrogen and oxygen atoms in total. The molecule has 0 heterocycles. The van der Waals surface area contributed by atoms with Crippen molar-refractivity contribution in [3.8, 4) is 0 Å². The third-order valence-electron chi connectivity index (χ3n) is 5.10. The first-order valence-corrected chi connectivity index (χ1v) is 6.47. The van der Waals surface area contributed by atoms with Crippen molar-refractivity contribution >= 4 is 0 Å². The largest absolute Gasteiger partial charge is 0.308 e. The minimum absolute atomic E-state index is 0.565. The molecule has 1 heteroatoms. The van der Waals surface area contributed by atoms with E-state index >= 15 is 0 Å². The summed E-state index contributed by atoms with van der Waals surface area (Å²) < 4.78 is 0. The third-order valence-corrected chi connectivity index (χ3v) is 5.10. The summed E-state index contributed by atoms with van der Waals surface area (Å²) in [6, 6.07) is 0.888. The molecule has 3 unspecified atom stereocenters. The molecule has 3 aliphatic rings. The Morgan fingerprint density at radius 3 is 2.36 bits per heavy atom. The molecule has 2 bridgehead atoms. The molecule has 3 fully saturated rings. The number of rotatable bonds is 3. The van der Waals surface area contributed by atoms with E-state index < -0.39 is 0 Å². The lowest BCUT2D eigenvalue weighted by molar-refractivity contribution is 0.269. The van der Waals surface area contributed by atoms with Crippen molar-refractivity contribution in [3.63, 3.8) is 0 Å². The summed E-state index contributed by atoms with van der Waals surface area (Å²) in [5.41, 5.74) is 0.565. The summed E-state index contributed by atoms with van der Waals surface area (Å²) in [7, 11) is 0. The predicted octanol–water partition coefficient (Wildman–Crippen LogP) is 2.95. The molecule has 80 valence electrons. The highest BCUT2D eigenvalue weighted by molar-refractivity contribution is 5.08. The van der Waals surface area contributed by atoms with Crippen LogP contribution in [0.1, 0.15) is 52.4 Å². The van der Waals surface area contributed by atoms with Crippen molar-refractivity contribution in [2.24, 2.45) is 17.8 Å². The van der Waals surface area contributed by atoms with Gasteiger partial charge >= 0.3 is 0 Å². The normalized spacial score (nSPS) is 43.5. The quantitative estimate of drug-likeness (QED) is 0.726. The Labute approximate surface area is 87.7 Å². The standard InChI is InChI=1S/C13H23N/c1-9(2)13(5-6-13)14-12-8-10-3-4-11(12)7-10/h9-12,14H,3-8H2,1-2H3. The van der Waals surface area contributed by atoms with E-state index in [-0.39, 0.29) is 0 Å². The Morgan fingerprint density at radius 2 is 1.93 bits per heavy atom. The van der Waals surface area contributed by atoms with Crippen molar-refractivity contribution in [2.45, 2.75) is 64.0 Å². The van der Waals surface area contributed by atoms with Crippen LogP contribution in [0.25, 0.3) is 0 Å². The molecule has 0 aromatic carbocycles. The Hall–Kier alpha value is -0.0400. The molecular weight excluding hydrogens is 170 g/mol. The monoisotopic (exact) mass is 193 g/mol. The van der Waals surface area contributed by atoms with Crippen molar-refractivity contribution in [1.29, 1.82) is 0 Å². The van der Waals surface area contributed by atoms with Gasteiger partial charge in [-0.2, -0.15) is 0 Å². The van der Waals surface area contributed by atoms with Crippen LogP contribution in [-0.4, -0.2) is 11.6 Å². The van der Waals surface area contributed by atoms with Crippen molar-refractivity contribution in [2.75, 3.05) is 0 Å². The third kappa shape index (κ3) is 1.32. The minimum atomic E-state index is 0.565. The Balaban J connectivity index is 1.63. The van der Waals surface area contributed by atoms with Gasteiger partial charge in [0.05, 0.1) is 0 Å². The van der Waals surface area contributed by atoms with E-state index in [1.807, 2.05) is 0 Å². The molecule has 3 aliphatic carbocycles. The number of hydrogen-bond donors (Lipinski definition) is 1. The van der Waals surface area contributed by atoms with E-state index in [0.29, 0.717) is 5.54 Å². The molecule has 3 saturated carbocycles. The predicted molar refractivity (Wildman–Crippen MR) is 59.2 cm³/mol. The van der Waals surface area contributed by atoms with Gasteiger partial charge in [-0.05, 0) is 49.9 Å². The van der Waals surface area contributed by atoms with Gasteiger partial charge in [0.2, 0.25) is 0 Å². The molecule has 0 spiro atoms. The Bertz CT molecular complexity index is 229. The summed E-state index contributed by atoms with van der Waals surface area (Å²) in [6.07, 6.45) is 8.91. The van der Waals surface area contributed by atoms with Crippen LogP contribution in [0.3, 0.4) is 0 Å². The SMILES string of the molecule is CC(C)C1(NC2CC3CCC2C3)CC1. The van der Waals surface area contributed by atoms with Gasteiger partial charge in [0.1, 0.15) is 0 Å². The smallest absolute Gasteiger partial charge is 0.0208 e. The highest BCUT2D eigenvalue weighted by atomic mass is 15.1. The fourth-order valence-electron chi connectivity index (χ4n) is 3.81. The Kier molecular flexibility index (Phi) is 1.96. The van der Waals surface area contributed by atoms with Crippen LogP contribution < -0.4 is 5.32 Å². The van der Waals surface area contributed by atoms with E-state index in [4.69, 9.17) is 0 Å². The van der Waals surface area contributed by atoms with Gasteiger partial charge in [-0.3, -0.25) is 0 Å². The first-order chi connectivity index (χ1) is 6.70. The minimum Gasteiger partial charge on any atom is -0.308 e. The molecule has 3 atom stereocenters. The van der Waals surface area contributed by atoms with Gasteiger partial charge in [0.15, 0.2) is 0 Å². The fraction of sp³-hybridized carbons (Fsp3) is 1.00. The molecular formula is C13H23N. The lowest BCUT2D eigenvalue weighted by atomic mass is 9.92. The van der Waals surface area contributed by atoms with Gasteiger partial charge in [0, 0.05) is 11.6 Å². The highest BCUT2D eigenvalue weighted by Gasteiger charge is 2.50. The lowest BCUT2D eigenvalue weighted by Crippen LogP contribution is -2.45. The second kappa shape index (κ2) is 2.98. The number of hydrogen-bond acceptors (Lipinski definition) is 1. The van der Waals surface area contributed by atoms with E-state index in [9.17, 15) is 0 Å². The zero-order valence-electron chi connectivity index (χ0n) is 9.55. The summed E-state index contributed by atoms with van der Waals surface area (Å²) >= 11 is 0. The molecule has 1 N–H and O–H groups in total. The first-order valence-electron chi connectivity index (χ1n) is 6.47. The molecule has 0 aromatic rings. The van der Waals surface area contributed by atoms with Gasteiger partial charge in [-0.15, -0.1) is 0 Å². The van der Waals surface area contributed by atoms with Crippen molar-refractivity contribution in [3.05, 3.63) is 0 Å². The van der Waals surface area contributed by atoms with Crippen molar-refractivity contribution < 1.29 is 0 Å². The van der Waals surface area contributed by atoms with Gasteiger partial charge in [-0.1, -0.05) is 20.3 Å². The zero-order chi connectivity index (χ0) is 9.76. The maximum Gasteiger partial charge on any atom is 0.0208 e. The lowest BCUT2D eigenvalue weighted by Gasteiger charge is -2.31. The van der Waals surface area contributed by atoms with Crippen LogP contribution in [0.15, 0.2) is 0 Å². The molecule has 3 rings (SSSR count). The second-order valence-corrected chi connectivity index (χ2v) is 6.24. The molecule has 0 saturated heterocycles.